The Balaban J connectivity index is 1.50. The lowest BCUT2D eigenvalue weighted by Crippen LogP contribution is -2.38. The smallest absolute Gasteiger partial charge is 0.226 e. The number of likely N-dealkylation sites (tertiary alicyclic amines) is 1. The maximum absolute atomic E-state index is 13.0. The summed E-state index contributed by atoms with van der Waals surface area (Å²) in [6.45, 7) is 0.561. The molecule has 1 saturated carbocycles. The highest BCUT2D eigenvalue weighted by atomic mass is 16.2. The molecular formula is C23H26N2O2. The van der Waals surface area contributed by atoms with E-state index in [4.69, 9.17) is 0 Å². The van der Waals surface area contributed by atoms with Crippen LogP contribution in [0.3, 0.4) is 0 Å². The molecule has 2 aromatic rings. The molecule has 4 rings (SSSR count). The number of nitrogens with one attached hydrogen (secondary N) is 1. The van der Waals surface area contributed by atoms with Crippen LogP contribution in [-0.4, -0.2) is 29.3 Å². The number of carbonyl (C=O) groups excluding carboxylic acids is 2. The van der Waals surface area contributed by atoms with Gasteiger partial charge in [-0.2, -0.15) is 0 Å². The predicted octanol–water partition coefficient (Wildman–Crippen LogP) is 3.68. The lowest BCUT2D eigenvalue weighted by molar-refractivity contribution is -0.130. The quantitative estimate of drug-likeness (QED) is 0.882. The Labute approximate surface area is 160 Å². The van der Waals surface area contributed by atoms with E-state index in [2.05, 4.69) is 5.32 Å². The van der Waals surface area contributed by atoms with Crippen molar-refractivity contribution in [1.82, 2.24) is 10.2 Å². The Morgan fingerprint density at radius 3 is 2.04 bits per heavy atom. The zero-order valence-corrected chi connectivity index (χ0v) is 15.5. The van der Waals surface area contributed by atoms with Gasteiger partial charge in [-0.1, -0.05) is 73.5 Å². The Morgan fingerprint density at radius 2 is 1.48 bits per heavy atom. The van der Waals surface area contributed by atoms with Gasteiger partial charge in [0.15, 0.2) is 0 Å². The maximum atomic E-state index is 13.0. The summed E-state index contributed by atoms with van der Waals surface area (Å²) in [5.41, 5.74) is 2.10. The second kappa shape index (κ2) is 7.95. The number of rotatable bonds is 5. The number of carbonyl (C=O) groups is 2. The molecule has 4 heteroatoms. The summed E-state index contributed by atoms with van der Waals surface area (Å²) in [6.07, 6.45) is 4.87. The minimum atomic E-state index is -0.256. The summed E-state index contributed by atoms with van der Waals surface area (Å²) in [4.78, 5) is 27.4. The van der Waals surface area contributed by atoms with Crippen LogP contribution in [0.5, 0.6) is 0 Å². The molecule has 1 unspecified atom stereocenters. The van der Waals surface area contributed by atoms with E-state index in [0.29, 0.717) is 19.0 Å². The highest BCUT2D eigenvalue weighted by molar-refractivity contribution is 5.89. The summed E-state index contributed by atoms with van der Waals surface area (Å²) in [7, 11) is 0. The lowest BCUT2D eigenvalue weighted by Gasteiger charge is -2.25. The minimum Gasteiger partial charge on any atom is -0.345 e. The molecule has 1 heterocycles. The van der Waals surface area contributed by atoms with Gasteiger partial charge in [-0.25, -0.2) is 0 Å². The van der Waals surface area contributed by atoms with Gasteiger partial charge in [0.2, 0.25) is 11.8 Å². The van der Waals surface area contributed by atoms with Crippen molar-refractivity contribution >= 4 is 11.8 Å². The topological polar surface area (TPSA) is 49.4 Å². The molecule has 0 bridgehead atoms. The second-order valence-corrected chi connectivity index (χ2v) is 7.65. The molecule has 4 nitrogen and oxygen atoms in total. The van der Waals surface area contributed by atoms with Gasteiger partial charge in [0.05, 0.1) is 12.0 Å². The SMILES string of the molecule is O=C(NC(c1ccccc1)c1ccccc1)C1CC(=O)N(C2CCCC2)C1. The summed E-state index contributed by atoms with van der Waals surface area (Å²) in [6, 6.07) is 20.2. The van der Waals surface area contributed by atoms with E-state index in [9.17, 15) is 9.59 Å². The Kier molecular flexibility index (Phi) is 5.23. The van der Waals surface area contributed by atoms with E-state index >= 15 is 0 Å². The van der Waals surface area contributed by atoms with E-state index in [1.165, 1.54) is 12.8 Å². The first-order valence-corrected chi connectivity index (χ1v) is 9.92. The normalized spacial score (nSPS) is 20.4. The molecule has 1 N–H and O–H groups in total. The number of amides is 2. The Morgan fingerprint density at radius 1 is 0.926 bits per heavy atom. The van der Waals surface area contributed by atoms with Crippen molar-refractivity contribution < 1.29 is 9.59 Å². The first-order valence-electron chi connectivity index (χ1n) is 9.92. The van der Waals surface area contributed by atoms with Gasteiger partial charge < -0.3 is 10.2 Å². The van der Waals surface area contributed by atoms with Crippen LogP contribution >= 0.6 is 0 Å². The first kappa shape index (κ1) is 17.8. The van der Waals surface area contributed by atoms with E-state index in [0.717, 1.165) is 24.0 Å². The third-order valence-corrected chi connectivity index (χ3v) is 5.85. The van der Waals surface area contributed by atoms with Crippen molar-refractivity contribution in [3.8, 4) is 0 Å². The number of hydrogen-bond acceptors (Lipinski definition) is 2. The van der Waals surface area contributed by atoms with Crippen molar-refractivity contribution in [3.63, 3.8) is 0 Å². The molecule has 2 aromatic carbocycles. The van der Waals surface area contributed by atoms with Gasteiger partial charge in [0.1, 0.15) is 0 Å². The van der Waals surface area contributed by atoms with Crippen LogP contribution in [0.2, 0.25) is 0 Å². The van der Waals surface area contributed by atoms with Gasteiger partial charge >= 0.3 is 0 Å². The van der Waals surface area contributed by atoms with Crippen molar-refractivity contribution in [2.75, 3.05) is 6.54 Å². The first-order chi connectivity index (χ1) is 13.2. The largest absolute Gasteiger partial charge is 0.345 e. The molecule has 1 saturated heterocycles. The van der Waals surface area contributed by atoms with E-state index in [1.807, 2.05) is 65.6 Å². The summed E-state index contributed by atoms with van der Waals surface area (Å²) in [5.74, 6) is -0.146. The van der Waals surface area contributed by atoms with E-state index in [1.54, 1.807) is 0 Å². The summed E-state index contributed by atoms with van der Waals surface area (Å²) >= 11 is 0. The Hall–Kier alpha value is -2.62. The highest BCUT2D eigenvalue weighted by Crippen LogP contribution is 2.30. The van der Waals surface area contributed by atoms with Gasteiger partial charge in [0.25, 0.3) is 0 Å². The molecule has 2 fully saturated rings. The van der Waals surface area contributed by atoms with Crippen LogP contribution < -0.4 is 5.32 Å². The van der Waals surface area contributed by atoms with Crippen LogP contribution in [0.25, 0.3) is 0 Å². The highest BCUT2D eigenvalue weighted by Gasteiger charge is 2.39. The minimum absolute atomic E-state index is 0.0263. The van der Waals surface area contributed by atoms with Crippen LogP contribution in [0.1, 0.15) is 49.3 Å². The van der Waals surface area contributed by atoms with Crippen LogP contribution in [-0.2, 0) is 9.59 Å². The van der Waals surface area contributed by atoms with Crippen molar-refractivity contribution in [3.05, 3.63) is 71.8 Å². The molecule has 1 aliphatic heterocycles. The summed E-state index contributed by atoms with van der Waals surface area (Å²) < 4.78 is 0. The Bertz CT molecular complexity index is 745. The van der Waals surface area contributed by atoms with Crippen molar-refractivity contribution in [1.29, 1.82) is 0 Å². The van der Waals surface area contributed by atoms with E-state index in [-0.39, 0.29) is 23.8 Å². The third-order valence-electron chi connectivity index (χ3n) is 5.85. The molecule has 27 heavy (non-hydrogen) atoms. The molecule has 2 amide bonds. The third kappa shape index (κ3) is 3.90. The fourth-order valence-corrected chi connectivity index (χ4v) is 4.39. The van der Waals surface area contributed by atoms with Crippen molar-refractivity contribution in [2.24, 2.45) is 5.92 Å². The lowest BCUT2D eigenvalue weighted by atomic mass is 9.97. The number of benzene rings is 2. The van der Waals surface area contributed by atoms with Crippen LogP contribution in [0.4, 0.5) is 0 Å². The number of hydrogen-bond donors (Lipinski definition) is 1. The van der Waals surface area contributed by atoms with Gasteiger partial charge in [-0.3, -0.25) is 9.59 Å². The summed E-state index contributed by atoms with van der Waals surface area (Å²) in [5, 5.41) is 3.21. The average Bonchev–Trinajstić information content (AvgIpc) is 3.37. The monoisotopic (exact) mass is 362 g/mol. The molecule has 2 aliphatic rings. The average molecular weight is 362 g/mol. The molecule has 0 spiro atoms. The van der Waals surface area contributed by atoms with Gasteiger partial charge in [-0.05, 0) is 24.0 Å². The zero-order valence-electron chi connectivity index (χ0n) is 15.5. The van der Waals surface area contributed by atoms with Gasteiger partial charge in [0, 0.05) is 19.0 Å². The molecule has 0 aromatic heterocycles. The maximum Gasteiger partial charge on any atom is 0.226 e. The second-order valence-electron chi connectivity index (χ2n) is 7.65. The fraction of sp³-hybridized carbons (Fsp3) is 0.391. The molecule has 0 radical (unpaired) electrons. The number of nitrogens with zero attached hydrogens (tertiary/aromatic N) is 1. The molecular weight excluding hydrogens is 336 g/mol. The van der Waals surface area contributed by atoms with Gasteiger partial charge in [-0.15, -0.1) is 0 Å². The van der Waals surface area contributed by atoms with Crippen molar-refractivity contribution in [2.45, 2.75) is 44.2 Å². The molecule has 140 valence electrons. The van der Waals surface area contributed by atoms with Crippen LogP contribution in [0, 0.1) is 5.92 Å². The fourth-order valence-electron chi connectivity index (χ4n) is 4.39. The molecule has 1 aliphatic carbocycles. The zero-order chi connectivity index (χ0) is 18.6. The predicted molar refractivity (Wildman–Crippen MR) is 105 cm³/mol. The van der Waals surface area contributed by atoms with E-state index < -0.39 is 0 Å². The van der Waals surface area contributed by atoms with Crippen LogP contribution in [0.15, 0.2) is 60.7 Å². The standard InChI is InChI=1S/C23H26N2O2/c26-21-15-19(16-25(21)20-13-7-8-14-20)23(27)24-22(17-9-3-1-4-10-17)18-11-5-2-6-12-18/h1-6,9-12,19-20,22H,7-8,13-16H2,(H,24,27). The molecule has 1 atom stereocenters.